The summed E-state index contributed by atoms with van der Waals surface area (Å²) < 4.78 is 0. The molecule has 1 nitrogen and oxygen atoms in total. The Morgan fingerprint density at radius 2 is 1.86 bits per heavy atom. The molecule has 0 fully saturated rings. The van der Waals surface area contributed by atoms with Gasteiger partial charge in [-0.3, -0.25) is 0 Å². The van der Waals surface area contributed by atoms with Gasteiger partial charge in [-0.1, -0.05) is 39.0 Å². The van der Waals surface area contributed by atoms with E-state index in [1.807, 2.05) is 6.92 Å². The van der Waals surface area contributed by atoms with Crippen LogP contribution in [0.1, 0.15) is 50.0 Å². The van der Waals surface area contributed by atoms with Crippen LogP contribution >= 0.6 is 0 Å². The van der Waals surface area contributed by atoms with Crippen LogP contribution in [0.2, 0.25) is 0 Å². The van der Waals surface area contributed by atoms with Crippen molar-refractivity contribution in [1.82, 2.24) is 0 Å². The minimum absolute atomic E-state index is 0.295. The first kappa shape index (κ1) is 11.3. The van der Waals surface area contributed by atoms with E-state index in [0.717, 1.165) is 24.8 Å². The van der Waals surface area contributed by atoms with Gasteiger partial charge >= 0.3 is 0 Å². The second-order valence-electron chi connectivity index (χ2n) is 3.66. The van der Waals surface area contributed by atoms with E-state index in [4.69, 9.17) is 0 Å². The second kappa shape index (κ2) is 5.16. The maximum Gasteiger partial charge on any atom is 0.0790 e. The molecule has 0 amide bonds. The van der Waals surface area contributed by atoms with Crippen LogP contribution in [-0.2, 0) is 12.8 Å². The first-order chi connectivity index (χ1) is 6.72. The molecule has 14 heavy (non-hydrogen) atoms. The minimum Gasteiger partial charge on any atom is -0.388 e. The van der Waals surface area contributed by atoms with E-state index >= 15 is 0 Å². The SMILES string of the molecule is CCc1ccc(CC)c([C@H](O)CC)c1. The Kier molecular flexibility index (Phi) is 4.15. The van der Waals surface area contributed by atoms with Crippen molar-refractivity contribution >= 4 is 0 Å². The molecule has 0 spiro atoms. The Hall–Kier alpha value is -0.820. The number of hydrogen-bond donors (Lipinski definition) is 1. The molecule has 1 N–H and O–H groups in total. The number of rotatable bonds is 4. The van der Waals surface area contributed by atoms with Gasteiger partial charge in [0.15, 0.2) is 0 Å². The summed E-state index contributed by atoms with van der Waals surface area (Å²) >= 11 is 0. The van der Waals surface area contributed by atoms with Crippen molar-refractivity contribution < 1.29 is 5.11 Å². The lowest BCUT2D eigenvalue weighted by Crippen LogP contribution is -2.01. The maximum atomic E-state index is 9.86. The molecule has 0 aliphatic carbocycles. The molecule has 1 atom stereocenters. The number of benzene rings is 1. The molecule has 0 heterocycles. The fourth-order valence-electron chi connectivity index (χ4n) is 1.72. The fourth-order valence-corrected chi connectivity index (χ4v) is 1.72. The van der Waals surface area contributed by atoms with Crippen molar-refractivity contribution in [3.8, 4) is 0 Å². The van der Waals surface area contributed by atoms with Gasteiger partial charge in [0.05, 0.1) is 6.10 Å². The van der Waals surface area contributed by atoms with Gasteiger partial charge in [-0.25, -0.2) is 0 Å². The van der Waals surface area contributed by atoms with Gasteiger partial charge in [-0.15, -0.1) is 0 Å². The van der Waals surface area contributed by atoms with Crippen LogP contribution in [0.3, 0.4) is 0 Å². The van der Waals surface area contributed by atoms with E-state index in [0.29, 0.717) is 0 Å². The molecule has 0 aliphatic heterocycles. The second-order valence-corrected chi connectivity index (χ2v) is 3.66. The summed E-state index contributed by atoms with van der Waals surface area (Å²) in [5.41, 5.74) is 3.70. The zero-order valence-corrected chi connectivity index (χ0v) is 9.38. The minimum atomic E-state index is -0.295. The Balaban J connectivity index is 3.08. The van der Waals surface area contributed by atoms with E-state index < -0.39 is 0 Å². The van der Waals surface area contributed by atoms with E-state index in [1.54, 1.807) is 0 Å². The van der Waals surface area contributed by atoms with Crippen molar-refractivity contribution in [1.29, 1.82) is 0 Å². The smallest absolute Gasteiger partial charge is 0.0790 e. The van der Waals surface area contributed by atoms with E-state index in [1.165, 1.54) is 11.1 Å². The molecule has 1 rings (SSSR count). The number of aliphatic hydroxyl groups is 1. The zero-order chi connectivity index (χ0) is 10.6. The van der Waals surface area contributed by atoms with Crippen LogP contribution < -0.4 is 0 Å². The van der Waals surface area contributed by atoms with Gasteiger partial charge in [-0.05, 0) is 36.0 Å². The Morgan fingerprint density at radius 1 is 1.14 bits per heavy atom. The van der Waals surface area contributed by atoms with Gasteiger partial charge in [-0.2, -0.15) is 0 Å². The highest BCUT2D eigenvalue weighted by Crippen LogP contribution is 2.23. The lowest BCUT2D eigenvalue weighted by molar-refractivity contribution is 0.172. The van der Waals surface area contributed by atoms with Crippen molar-refractivity contribution in [3.05, 3.63) is 34.9 Å². The molecule has 0 bridgehead atoms. The van der Waals surface area contributed by atoms with E-state index in [-0.39, 0.29) is 6.10 Å². The van der Waals surface area contributed by atoms with Gasteiger partial charge in [0.25, 0.3) is 0 Å². The molecule has 0 saturated carbocycles. The lowest BCUT2D eigenvalue weighted by Gasteiger charge is -2.14. The molecule has 78 valence electrons. The summed E-state index contributed by atoms with van der Waals surface area (Å²) in [6.45, 7) is 6.29. The van der Waals surface area contributed by atoms with Crippen LogP contribution in [0.25, 0.3) is 0 Å². The Morgan fingerprint density at radius 3 is 2.36 bits per heavy atom. The Labute approximate surface area is 86.8 Å². The topological polar surface area (TPSA) is 20.2 Å². The van der Waals surface area contributed by atoms with Crippen molar-refractivity contribution in [2.45, 2.75) is 46.1 Å². The van der Waals surface area contributed by atoms with Crippen LogP contribution in [0.15, 0.2) is 18.2 Å². The van der Waals surface area contributed by atoms with E-state index in [9.17, 15) is 5.11 Å². The standard InChI is InChI=1S/C13H20O/c1-4-10-7-8-11(5-2)12(9-10)13(14)6-3/h7-9,13-14H,4-6H2,1-3H3/t13-/m1/s1. The van der Waals surface area contributed by atoms with E-state index in [2.05, 4.69) is 32.0 Å². The number of aliphatic hydroxyl groups excluding tert-OH is 1. The highest BCUT2D eigenvalue weighted by Gasteiger charge is 2.09. The van der Waals surface area contributed by atoms with Crippen LogP contribution in [0, 0.1) is 0 Å². The third-order valence-corrected chi connectivity index (χ3v) is 2.75. The summed E-state index contributed by atoms with van der Waals surface area (Å²) in [4.78, 5) is 0. The number of aryl methyl sites for hydroxylation is 2. The monoisotopic (exact) mass is 192 g/mol. The average molecular weight is 192 g/mol. The zero-order valence-electron chi connectivity index (χ0n) is 9.38. The molecule has 1 aromatic carbocycles. The molecule has 0 aromatic heterocycles. The largest absolute Gasteiger partial charge is 0.388 e. The lowest BCUT2D eigenvalue weighted by atomic mass is 9.96. The van der Waals surface area contributed by atoms with Crippen molar-refractivity contribution in [3.63, 3.8) is 0 Å². The fraction of sp³-hybridized carbons (Fsp3) is 0.538. The van der Waals surface area contributed by atoms with Crippen LogP contribution in [0.5, 0.6) is 0 Å². The summed E-state index contributed by atoms with van der Waals surface area (Å²) in [6, 6.07) is 6.45. The maximum absolute atomic E-state index is 9.86. The molecular formula is C13H20O. The van der Waals surface area contributed by atoms with Crippen molar-refractivity contribution in [2.24, 2.45) is 0 Å². The third-order valence-electron chi connectivity index (χ3n) is 2.75. The molecule has 0 aliphatic rings. The highest BCUT2D eigenvalue weighted by molar-refractivity contribution is 5.33. The highest BCUT2D eigenvalue weighted by atomic mass is 16.3. The molecule has 0 radical (unpaired) electrons. The van der Waals surface area contributed by atoms with Gasteiger partial charge in [0.2, 0.25) is 0 Å². The number of hydrogen-bond acceptors (Lipinski definition) is 1. The van der Waals surface area contributed by atoms with Gasteiger partial charge in [0.1, 0.15) is 0 Å². The quantitative estimate of drug-likeness (QED) is 0.776. The third kappa shape index (κ3) is 2.36. The average Bonchev–Trinajstić information content (AvgIpc) is 2.27. The first-order valence-electron chi connectivity index (χ1n) is 5.52. The molecule has 0 saturated heterocycles. The van der Waals surface area contributed by atoms with Gasteiger partial charge in [0, 0.05) is 0 Å². The normalized spacial score (nSPS) is 12.9. The first-order valence-corrected chi connectivity index (χ1v) is 5.52. The van der Waals surface area contributed by atoms with Gasteiger partial charge < -0.3 is 5.11 Å². The summed E-state index contributed by atoms with van der Waals surface area (Å²) in [6.07, 6.45) is 2.53. The summed E-state index contributed by atoms with van der Waals surface area (Å²) in [5.74, 6) is 0. The predicted octanol–water partition coefficient (Wildman–Crippen LogP) is 3.25. The molecule has 1 aromatic rings. The van der Waals surface area contributed by atoms with Crippen LogP contribution in [0.4, 0.5) is 0 Å². The van der Waals surface area contributed by atoms with Crippen LogP contribution in [-0.4, -0.2) is 5.11 Å². The molecule has 1 heteroatoms. The molecule has 0 unspecified atom stereocenters. The van der Waals surface area contributed by atoms with Crippen molar-refractivity contribution in [2.75, 3.05) is 0 Å². The Bertz CT molecular complexity index is 291. The summed E-state index contributed by atoms with van der Waals surface area (Å²) in [7, 11) is 0. The molecular weight excluding hydrogens is 172 g/mol. The summed E-state index contributed by atoms with van der Waals surface area (Å²) in [5, 5.41) is 9.86. The predicted molar refractivity (Wildman–Crippen MR) is 60.4 cm³/mol.